The van der Waals surface area contributed by atoms with Crippen LogP contribution in [0.15, 0.2) is 48.5 Å². The summed E-state index contributed by atoms with van der Waals surface area (Å²) in [5, 5.41) is 27.7. The molecule has 0 radical (unpaired) electrons. The standard InChI is InChI=1S/C15H13NO5/c17-12-7-6-10(8-13(12)18)15(21)16(9-14(19)20)11-4-2-1-3-5-11/h1-8,17-18H,9H2,(H,19,20). The lowest BCUT2D eigenvalue weighted by Gasteiger charge is -2.21. The Balaban J connectivity index is 2.38. The average molecular weight is 287 g/mol. The fourth-order valence-electron chi connectivity index (χ4n) is 1.84. The van der Waals surface area contributed by atoms with Crippen molar-refractivity contribution >= 4 is 17.6 Å². The highest BCUT2D eigenvalue weighted by Gasteiger charge is 2.21. The maximum Gasteiger partial charge on any atom is 0.323 e. The first-order valence-corrected chi connectivity index (χ1v) is 6.09. The Labute approximate surface area is 120 Å². The number of rotatable bonds is 4. The minimum absolute atomic E-state index is 0.0791. The summed E-state index contributed by atoms with van der Waals surface area (Å²) in [5.41, 5.74) is 0.507. The highest BCUT2D eigenvalue weighted by molar-refractivity contribution is 6.08. The van der Waals surface area contributed by atoms with Crippen molar-refractivity contribution in [2.75, 3.05) is 11.4 Å². The van der Waals surface area contributed by atoms with Crippen LogP contribution in [-0.4, -0.2) is 33.7 Å². The van der Waals surface area contributed by atoms with E-state index in [1.807, 2.05) is 0 Å². The van der Waals surface area contributed by atoms with Crippen molar-refractivity contribution in [2.24, 2.45) is 0 Å². The first-order chi connectivity index (χ1) is 9.99. The molecule has 0 spiro atoms. The van der Waals surface area contributed by atoms with E-state index < -0.39 is 24.2 Å². The van der Waals surface area contributed by atoms with E-state index in [2.05, 4.69) is 0 Å². The maximum atomic E-state index is 12.4. The van der Waals surface area contributed by atoms with Crippen molar-refractivity contribution < 1.29 is 24.9 Å². The van der Waals surface area contributed by atoms with Gasteiger partial charge in [-0.1, -0.05) is 18.2 Å². The molecule has 3 N–H and O–H groups in total. The second-order valence-electron chi connectivity index (χ2n) is 4.32. The molecular formula is C15H13NO5. The van der Waals surface area contributed by atoms with E-state index in [-0.39, 0.29) is 11.3 Å². The molecule has 2 aromatic carbocycles. The molecule has 0 saturated carbocycles. The number of para-hydroxylation sites is 1. The summed E-state index contributed by atoms with van der Waals surface area (Å²) in [4.78, 5) is 24.4. The lowest BCUT2D eigenvalue weighted by molar-refractivity contribution is -0.135. The molecule has 0 aliphatic heterocycles. The quantitative estimate of drug-likeness (QED) is 0.745. The van der Waals surface area contributed by atoms with Crippen molar-refractivity contribution in [1.82, 2.24) is 0 Å². The number of carbonyl (C=O) groups is 2. The monoisotopic (exact) mass is 287 g/mol. The van der Waals surface area contributed by atoms with Gasteiger partial charge < -0.3 is 15.3 Å². The van der Waals surface area contributed by atoms with Gasteiger partial charge in [0.05, 0.1) is 0 Å². The number of carboxylic acids is 1. The number of benzene rings is 2. The minimum atomic E-state index is -1.16. The third-order valence-corrected chi connectivity index (χ3v) is 2.83. The fourth-order valence-corrected chi connectivity index (χ4v) is 1.84. The van der Waals surface area contributed by atoms with Crippen LogP contribution in [0.3, 0.4) is 0 Å². The number of hydrogen-bond acceptors (Lipinski definition) is 4. The highest BCUT2D eigenvalue weighted by atomic mass is 16.4. The number of amides is 1. The van der Waals surface area contributed by atoms with Crippen LogP contribution in [0.25, 0.3) is 0 Å². The van der Waals surface area contributed by atoms with E-state index in [1.165, 1.54) is 12.1 Å². The molecule has 2 rings (SSSR count). The van der Waals surface area contributed by atoms with E-state index in [1.54, 1.807) is 30.3 Å². The van der Waals surface area contributed by atoms with Crippen LogP contribution in [0.4, 0.5) is 5.69 Å². The molecule has 1 amide bonds. The van der Waals surface area contributed by atoms with Gasteiger partial charge in [-0.25, -0.2) is 0 Å². The van der Waals surface area contributed by atoms with Crippen molar-refractivity contribution in [3.05, 3.63) is 54.1 Å². The molecule has 108 valence electrons. The van der Waals surface area contributed by atoms with Crippen molar-refractivity contribution in [1.29, 1.82) is 0 Å². The number of anilines is 1. The van der Waals surface area contributed by atoms with Crippen LogP contribution in [0, 0.1) is 0 Å². The van der Waals surface area contributed by atoms with Crippen LogP contribution in [0.5, 0.6) is 11.5 Å². The first kappa shape index (κ1) is 14.4. The second-order valence-corrected chi connectivity index (χ2v) is 4.32. The van der Waals surface area contributed by atoms with Crippen LogP contribution < -0.4 is 4.90 Å². The van der Waals surface area contributed by atoms with Gasteiger partial charge in [0, 0.05) is 11.3 Å². The van der Waals surface area contributed by atoms with Gasteiger partial charge in [0.15, 0.2) is 11.5 Å². The summed E-state index contributed by atoms with van der Waals surface area (Å²) in [5.74, 6) is -2.53. The largest absolute Gasteiger partial charge is 0.504 e. The Morgan fingerprint density at radius 2 is 1.62 bits per heavy atom. The number of carbonyl (C=O) groups excluding carboxylic acids is 1. The van der Waals surface area contributed by atoms with E-state index in [4.69, 9.17) is 5.11 Å². The van der Waals surface area contributed by atoms with Crippen LogP contribution in [-0.2, 0) is 4.79 Å². The molecule has 6 nitrogen and oxygen atoms in total. The third kappa shape index (κ3) is 3.30. The Bertz CT molecular complexity index is 669. The van der Waals surface area contributed by atoms with E-state index in [0.29, 0.717) is 5.69 Å². The smallest absolute Gasteiger partial charge is 0.323 e. The van der Waals surface area contributed by atoms with E-state index in [0.717, 1.165) is 11.0 Å². The van der Waals surface area contributed by atoms with Crippen molar-refractivity contribution in [2.45, 2.75) is 0 Å². The molecule has 6 heteroatoms. The van der Waals surface area contributed by atoms with E-state index in [9.17, 15) is 19.8 Å². The number of aromatic hydroxyl groups is 2. The summed E-state index contributed by atoms with van der Waals surface area (Å²) >= 11 is 0. The van der Waals surface area contributed by atoms with Gasteiger partial charge in [-0.3, -0.25) is 14.5 Å². The van der Waals surface area contributed by atoms with Gasteiger partial charge in [0.2, 0.25) is 0 Å². The number of carboxylic acid groups (broad SMARTS) is 1. The zero-order valence-electron chi connectivity index (χ0n) is 10.9. The summed E-state index contributed by atoms with van der Waals surface area (Å²) in [6, 6.07) is 11.9. The number of nitrogens with zero attached hydrogens (tertiary/aromatic N) is 1. The van der Waals surface area contributed by atoms with E-state index >= 15 is 0 Å². The normalized spacial score (nSPS) is 10.1. The van der Waals surface area contributed by atoms with Gasteiger partial charge in [-0.2, -0.15) is 0 Å². The van der Waals surface area contributed by atoms with Gasteiger partial charge in [0.1, 0.15) is 6.54 Å². The summed E-state index contributed by atoms with van der Waals surface area (Å²) < 4.78 is 0. The Morgan fingerprint density at radius 1 is 0.952 bits per heavy atom. The molecule has 0 aliphatic carbocycles. The van der Waals surface area contributed by atoms with Gasteiger partial charge in [-0.15, -0.1) is 0 Å². The Hall–Kier alpha value is -3.02. The Morgan fingerprint density at radius 3 is 2.19 bits per heavy atom. The minimum Gasteiger partial charge on any atom is -0.504 e. The first-order valence-electron chi connectivity index (χ1n) is 6.09. The summed E-state index contributed by atoms with van der Waals surface area (Å²) in [7, 11) is 0. The number of aliphatic carboxylic acids is 1. The molecule has 0 atom stereocenters. The van der Waals surface area contributed by atoms with Gasteiger partial charge in [-0.05, 0) is 30.3 Å². The zero-order chi connectivity index (χ0) is 15.4. The SMILES string of the molecule is O=C(O)CN(C(=O)c1ccc(O)c(O)c1)c1ccccc1. The van der Waals surface area contributed by atoms with Crippen molar-refractivity contribution in [3.63, 3.8) is 0 Å². The van der Waals surface area contributed by atoms with Crippen molar-refractivity contribution in [3.8, 4) is 11.5 Å². The molecule has 0 bridgehead atoms. The van der Waals surface area contributed by atoms with Gasteiger partial charge >= 0.3 is 5.97 Å². The molecular weight excluding hydrogens is 274 g/mol. The maximum absolute atomic E-state index is 12.4. The second kappa shape index (κ2) is 5.96. The number of hydrogen-bond donors (Lipinski definition) is 3. The topological polar surface area (TPSA) is 98.1 Å². The Kier molecular flexibility index (Phi) is 4.08. The highest BCUT2D eigenvalue weighted by Crippen LogP contribution is 2.26. The molecule has 0 heterocycles. The van der Waals surface area contributed by atoms with Crippen LogP contribution in [0.2, 0.25) is 0 Å². The molecule has 0 unspecified atom stereocenters. The van der Waals surface area contributed by atoms with Crippen LogP contribution in [0.1, 0.15) is 10.4 Å². The molecule has 21 heavy (non-hydrogen) atoms. The lowest BCUT2D eigenvalue weighted by Crippen LogP contribution is -2.35. The zero-order valence-corrected chi connectivity index (χ0v) is 10.9. The lowest BCUT2D eigenvalue weighted by atomic mass is 10.1. The average Bonchev–Trinajstić information content (AvgIpc) is 2.47. The third-order valence-electron chi connectivity index (χ3n) is 2.83. The predicted molar refractivity (Wildman–Crippen MR) is 75.5 cm³/mol. The molecule has 0 aliphatic rings. The van der Waals surface area contributed by atoms with Crippen LogP contribution >= 0.6 is 0 Å². The molecule has 2 aromatic rings. The summed E-state index contributed by atoms with van der Waals surface area (Å²) in [6.45, 7) is -0.509. The van der Waals surface area contributed by atoms with Gasteiger partial charge in [0.25, 0.3) is 5.91 Å². The molecule has 0 saturated heterocycles. The molecule has 0 fully saturated rings. The molecule has 0 aromatic heterocycles. The predicted octanol–water partition coefficient (Wildman–Crippen LogP) is 1.83. The fraction of sp³-hybridized carbons (Fsp3) is 0.0667. The summed E-state index contributed by atoms with van der Waals surface area (Å²) in [6.07, 6.45) is 0. The number of phenolic OH excluding ortho intramolecular Hbond substituents is 2. The number of phenols is 2.